The van der Waals surface area contributed by atoms with E-state index in [0.29, 0.717) is 0 Å². The Bertz CT molecular complexity index is 292. The van der Waals surface area contributed by atoms with E-state index in [1.54, 1.807) is 6.08 Å². The SMILES string of the molecule is C#C/C(O)=C/C=C(\C)N(C)C(=C)C. The van der Waals surface area contributed by atoms with Gasteiger partial charge >= 0.3 is 0 Å². The Morgan fingerprint density at radius 1 is 1.46 bits per heavy atom. The lowest BCUT2D eigenvalue weighted by molar-refractivity contribution is 0.438. The van der Waals surface area contributed by atoms with E-state index in [0.717, 1.165) is 11.4 Å². The monoisotopic (exact) mass is 177 g/mol. The van der Waals surface area contributed by atoms with Crippen LogP contribution in [-0.4, -0.2) is 17.1 Å². The van der Waals surface area contributed by atoms with Crippen LogP contribution in [0.15, 0.2) is 35.9 Å². The van der Waals surface area contributed by atoms with E-state index < -0.39 is 0 Å². The summed E-state index contributed by atoms with van der Waals surface area (Å²) in [6.07, 6.45) is 8.19. The van der Waals surface area contributed by atoms with Crippen molar-refractivity contribution in [3.05, 3.63) is 35.9 Å². The highest BCUT2D eigenvalue weighted by atomic mass is 16.3. The summed E-state index contributed by atoms with van der Waals surface area (Å²) >= 11 is 0. The molecule has 0 radical (unpaired) electrons. The van der Waals surface area contributed by atoms with E-state index in [1.807, 2.05) is 25.8 Å². The van der Waals surface area contributed by atoms with Crippen LogP contribution in [0.4, 0.5) is 0 Å². The predicted octanol–water partition coefficient (Wildman–Crippen LogP) is 2.43. The number of allylic oxidation sites excluding steroid dienone is 5. The molecule has 1 N–H and O–H groups in total. The minimum absolute atomic E-state index is 0.0746. The fourth-order valence-corrected chi connectivity index (χ4v) is 0.661. The predicted molar refractivity (Wildman–Crippen MR) is 55.9 cm³/mol. The Balaban J connectivity index is 4.53. The van der Waals surface area contributed by atoms with Crippen molar-refractivity contribution >= 4 is 0 Å². The van der Waals surface area contributed by atoms with Gasteiger partial charge in [-0.25, -0.2) is 0 Å². The maximum atomic E-state index is 8.97. The Morgan fingerprint density at radius 2 is 2.00 bits per heavy atom. The lowest BCUT2D eigenvalue weighted by Gasteiger charge is -2.18. The van der Waals surface area contributed by atoms with E-state index >= 15 is 0 Å². The number of hydrogen-bond donors (Lipinski definition) is 1. The maximum Gasteiger partial charge on any atom is 0.166 e. The molecule has 0 heterocycles. The van der Waals surface area contributed by atoms with Crippen molar-refractivity contribution in [2.45, 2.75) is 13.8 Å². The zero-order valence-corrected chi connectivity index (χ0v) is 8.33. The first-order chi connectivity index (χ1) is 5.99. The van der Waals surface area contributed by atoms with Gasteiger partial charge in [-0.1, -0.05) is 6.58 Å². The van der Waals surface area contributed by atoms with Gasteiger partial charge in [-0.05, 0) is 31.9 Å². The number of hydrogen-bond acceptors (Lipinski definition) is 2. The average molecular weight is 177 g/mol. The van der Waals surface area contributed by atoms with E-state index in [9.17, 15) is 0 Å². The summed E-state index contributed by atoms with van der Waals surface area (Å²) in [5.41, 5.74) is 1.90. The summed E-state index contributed by atoms with van der Waals surface area (Å²) in [7, 11) is 1.90. The van der Waals surface area contributed by atoms with Gasteiger partial charge in [-0.2, -0.15) is 0 Å². The van der Waals surface area contributed by atoms with E-state index in [2.05, 4.69) is 12.5 Å². The van der Waals surface area contributed by atoms with Crippen molar-refractivity contribution in [3.8, 4) is 12.3 Å². The van der Waals surface area contributed by atoms with Crippen LogP contribution in [0.25, 0.3) is 0 Å². The maximum absolute atomic E-state index is 8.97. The molecule has 0 bridgehead atoms. The molecule has 0 fully saturated rings. The number of nitrogens with zero attached hydrogens (tertiary/aromatic N) is 1. The molecule has 0 aromatic heterocycles. The Hall–Kier alpha value is -1.62. The second-order valence-corrected chi connectivity index (χ2v) is 2.80. The minimum Gasteiger partial charge on any atom is -0.501 e. The van der Waals surface area contributed by atoms with Crippen LogP contribution in [0.2, 0.25) is 0 Å². The third-order valence-electron chi connectivity index (χ3n) is 1.73. The lowest BCUT2D eigenvalue weighted by Crippen LogP contribution is -2.11. The van der Waals surface area contributed by atoms with Crippen LogP contribution in [0.1, 0.15) is 13.8 Å². The van der Waals surface area contributed by atoms with Gasteiger partial charge in [0.2, 0.25) is 0 Å². The van der Waals surface area contributed by atoms with E-state index in [-0.39, 0.29) is 5.76 Å². The summed E-state index contributed by atoms with van der Waals surface area (Å²) in [5, 5.41) is 8.97. The van der Waals surface area contributed by atoms with Gasteiger partial charge in [0.25, 0.3) is 0 Å². The molecule has 0 aromatic carbocycles. The summed E-state index contributed by atoms with van der Waals surface area (Å²) in [5.74, 6) is 2.05. The fraction of sp³-hybridized carbons (Fsp3) is 0.273. The number of aliphatic hydroxyl groups excluding tert-OH is 1. The summed E-state index contributed by atoms with van der Waals surface area (Å²) in [6, 6.07) is 0. The average Bonchev–Trinajstić information content (AvgIpc) is 2.11. The molecular formula is C11H15NO. The van der Waals surface area contributed by atoms with Crippen molar-refractivity contribution in [2.24, 2.45) is 0 Å². The number of aliphatic hydroxyl groups is 1. The highest BCUT2D eigenvalue weighted by molar-refractivity contribution is 5.24. The van der Waals surface area contributed by atoms with Crippen molar-refractivity contribution in [1.29, 1.82) is 0 Å². The largest absolute Gasteiger partial charge is 0.501 e. The molecule has 13 heavy (non-hydrogen) atoms. The van der Waals surface area contributed by atoms with Crippen LogP contribution in [0.3, 0.4) is 0 Å². The first-order valence-electron chi connectivity index (χ1n) is 3.92. The van der Waals surface area contributed by atoms with Crippen molar-refractivity contribution in [3.63, 3.8) is 0 Å². The highest BCUT2D eigenvalue weighted by Gasteiger charge is 1.96. The molecule has 0 aliphatic carbocycles. The quantitative estimate of drug-likeness (QED) is 0.406. The van der Waals surface area contributed by atoms with Gasteiger partial charge in [0, 0.05) is 18.4 Å². The molecule has 0 spiro atoms. The number of rotatable bonds is 3. The molecule has 70 valence electrons. The molecule has 0 amide bonds. The van der Waals surface area contributed by atoms with Gasteiger partial charge in [0.1, 0.15) is 0 Å². The number of terminal acetylenes is 1. The van der Waals surface area contributed by atoms with Crippen LogP contribution < -0.4 is 0 Å². The molecule has 0 aromatic rings. The van der Waals surface area contributed by atoms with Crippen LogP contribution in [-0.2, 0) is 0 Å². The van der Waals surface area contributed by atoms with Crippen molar-refractivity contribution in [2.75, 3.05) is 7.05 Å². The highest BCUT2D eigenvalue weighted by Crippen LogP contribution is 2.07. The van der Waals surface area contributed by atoms with Gasteiger partial charge in [-0.3, -0.25) is 0 Å². The molecule has 0 unspecified atom stereocenters. The summed E-state index contributed by atoms with van der Waals surface area (Å²) < 4.78 is 0. The second kappa shape index (κ2) is 5.10. The Morgan fingerprint density at radius 3 is 2.38 bits per heavy atom. The first-order valence-corrected chi connectivity index (χ1v) is 3.92. The van der Waals surface area contributed by atoms with Gasteiger partial charge in [-0.15, -0.1) is 6.42 Å². The smallest absolute Gasteiger partial charge is 0.166 e. The minimum atomic E-state index is -0.0746. The third-order valence-corrected chi connectivity index (χ3v) is 1.73. The third kappa shape index (κ3) is 4.07. The lowest BCUT2D eigenvalue weighted by atomic mass is 10.3. The van der Waals surface area contributed by atoms with Gasteiger partial charge in [0.05, 0.1) is 0 Å². The molecule has 0 saturated heterocycles. The summed E-state index contributed by atoms with van der Waals surface area (Å²) in [6.45, 7) is 7.60. The van der Waals surface area contributed by atoms with Crippen LogP contribution >= 0.6 is 0 Å². The van der Waals surface area contributed by atoms with Crippen molar-refractivity contribution < 1.29 is 5.11 Å². The van der Waals surface area contributed by atoms with E-state index in [4.69, 9.17) is 11.5 Å². The second-order valence-electron chi connectivity index (χ2n) is 2.80. The van der Waals surface area contributed by atoms with Crippen molar-refractivity contribution in [1.82, 2.24) is 4.90 Å². The first kappa shape index (κ1) is 11.4. The molecular weight excluding hydrogens is 162 g/mol. The van der Waals surface area contributed by atoms with Crippen LogP contribution in [0.5, 0.6) is 0 Å². The Kier molecular flexibility index (Phi) is 4.47. The topological polar surface area (TPSA) is 23.5 Å². The molecule has 0 rings (SSSR count). The van der Waals surface area contributed by atoms with Crippen LogP contribution in [0, 0.1) is 12.3 Å². The Labute approximate surface area is 79.9 Å². The fourth-order valence-electron chi connectivity index (χ4n) is 0.661. The molecule has 0 aliphatic rings. The standard InChI is InChI=1S/C11H15NO/c1-6-11(13)8-7-10(4)12(5)9(2)3/h1,7-8,13H,2H2,3-5H3/b10-7+,11-8-. The molecule has 2 nitrogen and oxygen atoms in total. The normalized spacial score (nSPS) is 12.2. The van der Waals surface area contributed by atoms with E-state index in [1.165, 1.54) is 6.08 Å². The van der Waals surface area contributed by atoms with Gasteiger partial charge in [0.15, 0.2) is 5.76 Å². The molecule has 0 saturated carbocycles. The molecule has 2 heteroatoms. The zero-order chi connectivity index (χ0) is 10.4. The molecule has 0 atom stereocenters. The summed E-state index contributed by atoms with van der Waals surface area (Å²) in [4.78, 5) is 1.90. The zero-order valence-electron chi connectivity index (χ0n) is 8.33. The molecule has 0 aliphatic heterocycles. The van der Waals surface area contributed by atoms with Gasteiger partial charge < -0.3 is 10.0 Å².